The third-order valence-corrected chi connectivity index (χ3v) is 7.21. The van der Waals surface area contributed by atoms with Crippen LogP contribution in [0, 0.1) is 27.9 Å². The van der Waals surface area contributed by atoms with Crippen molar-refractivity contribution in [3.63, 3.8) is 0 Å². The molecular weight excluding hydrogens is 396 g/mol. The quantitative estimate of drug-likeness (QED) is 0.580. The van der Waals surface area contributed by atoms with Gasteiger partial charge in [-0.2, -0.15) is 0 Å². The second-order valence-electron chi connectivity index (χ2n) is 9.34. The normalized spacial score (nSPS) is 28.2. The number of benzene rings is 1. The van der Waals surface area contributed by atoms with Crippen LogP contribution in [0.15, 0.2) is 42.6 Å². The number of nitro groups is 1. The number of carbonyl (C=O) groups excluding carboxylic acids is 2. The van der Waals surface area contributed by atoms with Gasteiger partial charge in [0.05, 0.1) is 4.92 Å². The molecule has 8 nitrogen and oxygen atoms in total. The van der Waals surface area contributed by atoms with E-state index < -0.39 is 16.7 Å². The minimum Gasteiger partial charge on any atom is -0.267 e. The maximum absolute atomic E-state index is 12.7. The van der Waals surface area contributed by atoms with Gasteiger partial charge in [0, 0.05) is 40.6 Å². The van der Waals surface area contributed by atoms with Crippen LogP contribution in [0.25, 0.3) is 0 Å². The lowest BCUT2D eigenvalue weighted by Gasteiger charge is -2.56. The van der Waals surface area contributed by atoms with E-state index in [0.717, 1.165) is 42.7 Å². The molecule has 6 rings (SSSR count). The van der Waals surface area contributed by atoms with E-state index in [-0.39, 0.29) is 16.7 Å². The molecule has 4 fully saturated rings. The fraction of sp³-hybridized carbons (Fsp3) is 0.435. The minimum absolute atomic E-state index is 0.0806. The van der Waals surface area contributed by atoms with Gasteiger partial charge in [0.1, 0.15) is 0 Å². The van der Waals surface area contributed by atoms with Crippen LogP contribution in [-0.4, -0.2) is 21.7 Å². The maximum atomic E-state index is 12.7. The first kappa shape index (κ1) is 19.7. The Morgan fingerprint density at radius 1 is 0.935 bits per heavy atom. The molecule has 1 heterocycles. The summed E-state index contributed by atoms with van der Waals surface area (Å²) in [6.07, 6.45) is 9.14. The van der Waals surface area contributed by atoms with Crippen LogP contribution < -0.4 is 10.9 Å². The summed E-state index contributed by atoms with van der Waals surface area (Å²) in [7, 11) is 0. The third-order valence-electron chi connectivity index (χ3n) is 7.21. The molecule has 4 saturated carbocycles. The number of nitro benzene ring substituents is 1. The zero-order valence-corrected chi connectivity index (χ0v) is 17.0. The fourth-order valence-corrected chi connectivity index (χ4v) is 6.30. The standard InChI is InChI=1S/C23H24N4O4/c28-21(17-2-1-3-19(9-17)27(30)31)25-26-22(29)18-4-5-24-20(10-18)23-11-14-6-15(12-23)8-16(7-14)13-23/h1-5,9-10,14-16H,6-8,11-13H2,(H,25,28)(H,26,29). The molecule has 1 aromatic carbocycles. The number of hydrogen-bond acceptors (Lipinski definition) is 5. The predicted octanol–water partition coefficient (Wildman–Crippen LogP) is 3.53. The molecule has 2 aromatic rings. The van der Waals surface area contributed by atoms with E-state index in [1.54, 1.807) is 12.3 Å². The lowest BCUT2D eigenvalue weighted by atomic mass is 9.48. The molecule has 0 spiro atoms. The first-order valence-electron chi connectivity index (χ1n) is 10.7. The third kappa shape index (κ3) is 3.66. The van der Waals surface area contributed by atoms with E-state index in [2.05, 4.69) is 15.8 Å². The average molecular weight is 420 g/mol. The number of carbonyl (C=O) groups is 2. The van der Waals surface area contributed by atoms with Crippen molar-refractivity contribution < 1.29 is 14.5 Å². The second kappa shape index (κ2) is 7.44. The molecule has 4 bridgehead atoms. The maximum Gasteiger partial charge on any atom is 0.270 e. The van der Waals surface area contributed by atoms with E-state index >= 15 is 0 Å². The molecule has 31 heavy (non-hydrogen) atoms. The Morgan fingerprint density at radius 2 is 1.52 bits per heavy atom. The van der Waals surface area contributed by atoms with Crippen molar-refractivity contribution in [2.45, 2.75) is 43.9 Å². The van der Waals surface area contributed by atoms with Crippen LogP contribution in [0.4, 0.5) is 5.69 Å². The molecule has 1 aromatic heterocycles. The van der Waals surface area contributed by atoms with Crippen molar-refractivity contribution in [2.75, 3.05) is 0 Å². The number of hydrazine groups is 1. The van der Waals surface area contributed by atoms with Crippen molar-refractivity contribution in [1.29, 1.82) is 0 Å². The van der Waals surface area contributed by atoms with Gasteiger partial charge in [0.25, 0.3) is 17.5 Å². The zero-order chi connectivity index (χ0) is 21.6. The number of nitrogens with zero attached hydrogens (tertiary/aromatic N) is 2. The van der Waals surface area contributed by atoms with Gasteiger partial charge < -0.3 is 0 Å². The molecule has 0 saturated heterocycles. The number of nitrogens with one attached hydrogen (secondary N) is 2. The van der Waals surface area contributed by atoms with Gasteiger partial charge in [0.15, 0.2) is 0 Å². The predicted molar refractivity (Wildman–Crippen MR) is 112 cm³/mol. The Labute approximate surface area is 179 Å². The minimum atomic E-state index is -0.618. The van der Waals surface area contributed by atoms with Gasteiger partial charge in [-0.25, -0.2) is 0 Å². The molecule has 8 heteroatoms. The molecule has 0 unspecified atom stereocenters. The number of non-ortho nitro benzene ring substituents is 1. The molecule has 4 aliphatic rings. The molecule has 160 valence electrons. The van der Waals surface area contributed by atoms with Crippen LogP contribution >= 0.6 is 0 Å². The number of amides is 2. The monoisotopic (exact) mass is 420 g/mol. The Bertz CT molecular complexity index is 1030. The Kier molecular flexibility index (Phi) is 4.72. The summed E-state index contributed by atoms with van der Waals surface area (Å²) in [6, 6.07) is 8.85. The summed E-state index contributed by atoms with van der Waals surface area (Å²) < 4.78 is 0. The lowest BCUT2D eigenvalue weighted by molar-refractivity contribution is -0.384. The lowest BCUT2D eigenvalue weighted by Crippen LogP contribution is -2.49. The molecule has 2 amide bonds. The van der Waals surface area contributed by atoms with E-state index in [4.69, 9.17) is 0 Å². The van der Waals surface area contributed by atoms with Crippen molar-refractivity contribution in [3.05, 3.63) is 69.5 Å². The molecule has 0 aliphatic heterocycles. The molecular formula is C23H24N4O4. The van der Waals surface area contributed by atoms with Crippen molar-refractivity contribution in [3.8, 4) is 0 Å². The highest BCUT2D eigenvalue weighted by atomic mass is 16.6. The first-order valence-corrected chi connectivity index (χ1v) is 10.7. The summed E-state index contributed by atoms with van der Waals surface area (Å²) in [5, 5.41) is 10.9. The topological polar surface area (TPSA) is 114 Å². The van der Waals surface area contributed by atoms with E-state index in [1.165, 1.54) is 43.5 Å². The van der Waals surface area contributed by atoms with Crippen LogP contribution in [0.1, 0.15) is 64.9 Å². The summed E-state index contributed by atoms with van der Waals surface area (Å²) in [6.45, 7) is 0. The van der Waals surface area contributed by atoms with E-state index in [9.17, 15) is 19.7 Å². The summed E-state index contributed by atoms with van der Waals surface area (Å²) in [4.78, 5) is 39.9. The van der Waals surface area contributed by atoms with Crippen LogP contribution in [-0.2, 0) is 5.41 Å². The molecule has 0 atom stereocenters. The van der Waals surface area contributed by atoms with Crippen LogP contribution in [0.5, 0.6) is 0 Å². The van der Waals surface area contributed by atoms with Crippen molar-refractivity contribution >= 4 is 17.5 Å². The Balaban J connectivity index is 1.28. The van der Waals surface area contributed by atoms with E-state index in [1.807, 2.05) is 6.07 Å². The average Bonchev–Trinajstić information content (AvgIpc) is 2.76. The highest BCUT2D eigenvalue weighted by molar-refractivity contribution is 5.99. The van der Waals surface area contributed by atoms with E-state index in [0.29, 0.717) is 5.56 Å². The van der Waals surface area contributed by atoms with Gasteiger partial charge in [-0.05, 0) is 74.5 Å². The van der Waals surface area contributed by atoms with Gasteiger partial charge >= 0.3 is 0 Å². The van der Waals surface area contributed by atoms with Crippen LogP contribution in [0.2, 0.25) is 0 Å². The largest absolute Gasteiger partial charge is 0.270 e. The van der Waals surface area contributed by atoms with Gasteiger partial charge in [-0.15, -0.1) is 0 Å². The number of aromatic nitrogens is 1. The molecule has 0 radical (unpaired) electrons. The van der Waals surface area contributed by atoms with Crippen molar-refractivity contribution in [2.24, 2.45) is 17.8 Å². The highest BCUT2D eigenvalue weighted by Gasteiger charge is 2.52. The summed E-state index contributed by atoms with van der Waals surface area (Å²) >= 11 is 0. The molecule has 4 aliphatic carbocycles. The van der Waals surface area contributed by atoms with Gasteiger partial charge in [0.2, 0.25) is 0 Å². The second-order valence-corrected chi connectivity index (χ2v) is 9.34. The molecule has 2 N–H and O–H groups in total. The Morgan fingerprint density at radius 3 is 2.10 bits per heavy atom. The summed E-state index contributed by atoms with van der Waals surface area (Å²) in [5.74, 6) is 1.28. The number of pyridine rings is 1. The van der Waals surface area contributed by atoms with Gasteiger partial charge in [-0.1, -0.05) is 6.07 Å². The first-order chi connectivity index (χ1) is 14.9. The van der Waals surface area contributed by atoms with Gasteiger partial charge in [-0.3, -0.25) is 35.5 Å². The van der Waals surface area contributed by atoms with Crippen molar-refractivity contribution in [1.82, 2.24) is 15.8 Å². The smallest absolute Gasteiger partial charge is 0.267 e. The SMILES string of the molecule is O=C(NNC(=O)c1ccnc(C23CC4CC(CC(C4)C2)C3)c1)c1cccc([N+](=O)[O-])c1. The summed E-state index contributed by atoms with van der Waals surface area (Å²) in [5.41, 5.74) is 6.17. The van der Waals surface area contributed by atoms with Crippen LogP contribution in [0.3, 0.4) is 0 Å². The zero-order valence-electron chi connectivity index (χ0n) is 17.0. The Hall–Kier alpha value is -3.29. The number of hydrogen-bond donors (Lipinski definition) is 2. The fourth-order valence-electron chi connectivity index (χ4n) is 6.30. The highest BCUT2D eigenvalue weighted by Crippen LogP contribution is 2.60. The number of rotatable bonds is 4.